The van der Waals surface area contributed by atoms with E-state index in [0.717, 1.165) is 22.7 Å². The summed E-state index contributed by atoms with van der Waals surface area (Å²) >= 11 is 0. The van der Waals surface area contributed by atoms with Crippen LogP contribution in [0.2, 0.25) is 0 Å². The Morgan fingerprint density at radius 2 is 1.73 bits per heavy atom. The van der Waals surface area contributed by atoms with Gasteiger partial charge in [0, 0.05) is 0 Å². The second-order valence-corrected chi connectivity index (χ2v) is 4.88. The summed E-state index contributed by atoms with van der Waals surface area (Å²) in [4.78, 5) is 4.60. The highest BCUT2D eigenvalue weighted by Crippen LogP contribution is 2.30. The number of para-hydroxylation sites is 1. The maximum atomic E-state index is 5.56. The molecule has 0 amide bonds. The van der Waals surface area contributed by atoms with Gasteiger partial charge in [-0.3, -0.25) is 0 Å². The standard InChI is InChI=1S/C18H13N3O/c1-2-6-14(7-3-1)10-11-17-19-18-15-8-4-5-9-16(15)22-13-12-21(18)20-17/h1-13H/b11-10+. The molecule has 1 aromatic heterocycles. The van der Waals surface area contributed by atoms with E-state index in [1.165, 1.54) is 0 Å². The molecular weight excluding hydrogens is 274 g/mol. The molecule has 4 nitrogen and oxygen atoms in total. The first-order valence-electron chi connectivity index (χ1n) is 7.02. The summed E-state index contributed by atoms with van der Waals surface area (Å²) in [6.45, 7) is 0. The summed E-state index contributed by atoms with van der Waals surface area (Å²) in [6.07, 6.45) is 7.30. The molecule has 4 rings (SSSR count). The topological polar surface area (TPSA) is 39.9 Å². The number of aromatic nitrogens is 3. The van der Waals surface area contributed by atoms with Gasteiger partial charge in [-0.2, -0.15) is 0 Å². The zero-order valence-electron chi connectivity index (χ0n) is 11.8. The number of benzene rings is 2. The highest BCUT2D eigenvalue weighted by atomic mass is 16.5. The van der Waals surface area contributed by atoms with Crippen LogP contribution in [-0.2, 0) is 0 Å². The highest BCUT2D eigenvalue weighted by Gasteiger charge is 2.15. The zero-order chi connectivity index (χ0) is 14.8. The summed E-state index contributed by atoms with van der Waals surface area (Å²) in [7, 11) is 0. The normalized spacial score (nSPS) is 12.5. The maximum absolute atomic E-state index is 5.56. The van der Waals surface area contributed by atoms with Crippen LogP contribution in [-0.4, -0.2) is 14.8 Å². The Hall–Kier alpha value is -3.14. The number of ether oxygens (including phenoxy) is 1. The zero-order valence-corrected chi connectivity index (χ0v) is 11.8. The lowest BCUT2D eigenvalue weighted by atomic mass is 10.2. The van der Waals surface area contributed by atoms with Crippen LogP contribution in [0, 0.1) is 0 Å². The molecule has 1 aliphatic heterocycles. The van der Waals surface area contributed by atoms with Crippen LogP contribution in [0.25, 0.3) is 29.7 Å². The molecule has 0 saturated heterocycles. The van der Waals surface area contributed by atoms with Gasteiger partial charge in [-0.25, -0.2) is 9.67 Å². The van der Waals surface area contributed by atoms with Crippen LogP contribution < -0.4 is 4.74 Å². The molecule has 2 heterocycles. The van der Waals surface area contributed by atoms with Crippen molar-refractivity contribution in [3.63, 3.8) is 0 Å². The summed E-state index contributed by atoms with van der Waals surface area (Å²) in [5.41, 5.74) is 2.05. The summed E-state index contributed by atoms with van der Waals surface area (Å²) in [5, 5.41) is 4.48. The smallest absolute Gasteiger partial charge is 0.175 e. The quantitative estimate of drug-likeness (QED) is 0.717. The van der Waals surface area contributed by atoms with Gasteiger partial charge >= 0.3 is 0 Å². The van der Waals surface area contributed by atoms with E-state index in [9.17, 15) is 0 Å². The Morgan fingerprint density at radius 3 is 2.64 bits per heavy atom. The number of nitrogens with zero attached hydrogens (tertiary/aromatic N) is 3. The Kier molecular flexibility index (Phi) is 3.05. The fourth-order valence-electron chi connectivity index (χ4n) is 2.35. The minimum Gasteiger partial charge on any atom is -0.463 e. The lowest BCUT2D eigenvalue weighted by Crippen LogP contribution is -1.91. The van der Waals surface area contributed by atoms with Gasteiger partial charge in [-0.05, 0) is 23.8 Å². The minimum atomic E-state index is 0.667. The molecule has 1 aliphatic rings. The number of rotatable bonds is 2. The maximum Gasteiger partial charge on any atom is 0.175 e. The van der Waals surface area contributed by atoms with E-state index >= 15 is 0 Å². The Bertz CT molecular complexity index is 863. The van der Waals surface area contributed by atoms with E-state index in [-0.39, 0.29) is 0 Å². The predicted molar refractivity (Wildman–Crippen MR) is 86.8 cm³/mol. The van der Waals surface area contributed by atoms with Crippen LogP contribution >= 0.6 is 0 Å². The van der Waals surface area contributed by atoms with E-state index in [1.807, 2.05) is 66.7 Å². The van der Waals surface area contributed by atoms with Crippen molar-refractivity contribution in [2.75, 3.05) is 0 Å². The summed E-state index contributed by atoms with van der Waals surface area (Å²) in [6, 6.07) is 17.9. The molecule has 0 fully saturated rings. The van der Waals surface area contributed by atoms with Crippen LogP contribution in [0.4, 0.5) is 0 Å². The van der Waals surface area contributed by atoms with Gasteiger partial charge in [0.05, 0.1) is 11.8 Å². The summed E-state index contributed by atoms with van der Waals surface area (Å²) in [5.74, 6) is 2.22. The molecule has 0 radical (unpaired) electrons. The molecule has 0 unspecified atom stereocenters. The van der Waals surface area contributed by atoms with Crippen LogP contribution in [0.5, 0.6) is 5.75 Å². The second-order valence-electron chi connectivity index (χ2n) is 4.88. The van der Waals surface area contributed by atoms with Crippen LogP contribution in [0.1, 0.15) is 11.4 Å². The average molecular weight is 287 g/mol. The number of hydrogen-bond donors (Lipinski definition) is 0. The van der Waals surface area contributed by atoms with E-state index in [0.29, 0.717) is 5.82 Å². The van der Waals surface area contributed by atoms with Crippen molar-refractivity contribution in [3.8, 4) is 17.1 Å². The largest absolute Gasteiger partial charge is 0.463 e. The van der Waals surface area contributed by atoms with Gasteiger partial charge in [-0.1, -0.05) is 48.5 Å². The average Bonchev–Trinajstić information content (AvgIpc) is 2.90. The monoisotopic (exact) mass is 287 g/mol. The molecule has 0 N–H and O–H groups in total. The van der Waals surface area contributed by atoms with Gasteiger partial charge in [0.2, 0.25) is 0 Å². The van der Waals surface area contributed by atoms with Crippen molar-refractivity contribution < 1.29 is 4.74 Å². The number of hydrogen-bond acceptors (Lipinski definition) is 3. The Labute approximate surface area is 128 Å². The van der Waals surface area contributed by atoms with E-state index < -0.39 is 0 Å². The van der Waals surface area contributed by atoms with Crippen molar-refractivity contribution in [1.29, 1.82) is 0 Å². The third kappa shape index (κ3) is 2.31. The lowest BCUT2D eigenvalue weighted by molar-refractivity contribution is 0.487. The lowest BCUT2D eigenvalue weighted by Gasteiger charge is -2.02. The molecule has 0 aliphatic carbocycles. The van der Waals surface area contributed by atoms with Gasteiger partial charge in [-0.15, -0.1) is 5.10 Å². The fraction of sp³-hybridized carbons (Fsp3) is 0. The minimum absolute atomic E-state index is 0.667. The second kappa shape index (κ2) is 5.33. The molecule has 0 saturated carbocycles. The predicted octanol–water partition coefficient (Wildman–Crippen LogP) is 3.94. The van der Waals surface area contributed by atoms with Crippen LogP contribution in [0.3, 0.4) is 0 Å². The van der Waals surface area contributed by atoms with Crippen molar-refractivity contribution in [2.45, 2.75) is 0 Å². The fourth-order valence-corrected chi connectivity index (χ4v) is 2.35. The first-order valence-corrected chi connectivity index (χ1v) is 7.02. The van der Waals surface area contributed by atoms with Crippen molar-refractivity contribution in [3.05, 3.63) is 72.2 Å². The molecule has 0 spiro atoms. The van der Waals surface area contributed by atoms with Gasteiger partial charge < -0.3 is 4.74 Å². The molecule has 106 valence electrons. The molecule has 22 heavy (non-hydrogen) atoms. The van der Waals surface area contributed by atoms with Gasteiger partial charge in [0.1, 0.15) is 12.0 Å². The highest BCUT2D eigenvalue weighted by molar-refractivity contribution is 5.71. The first kappa shape index (κ1) is 12.6. The molecule has 3 aromatic rings. The third-order valence-corrected chi connectivity index (χ3v) is 3.40. The SMILES string of the molecule is C1=Cn2nc(/C=C/c3ccccc3)nc2-c2ccccc2O1. The first-order chi connectivity index (χ1) is 10.9. The van der Waals surface area contributed by atoms with Crippen LogP contribution in [0.15, 0.2) is 60.9 Å². The van der Waals surface area contributed by atoms with Crippen molar-refractivity contribution in [2.24, 2.45) is 0 Å². The third-order valence-electron chi connectivity index (χ3n) is 3.40. The van der Waals surface area contributed by atoms with Gasteiger partial charge in [0.15, 0.2) is 11.6 Å². The molecule has 0 bridgehead atoms. The number of fused-ring (bicyclic) bond motifs is 3. The van der Waals surface area contributed by atoms with E-state index in [4.69, 9.17) is 4.74 Å². The molecule has 4 heteroatoms. The Morgan fingerprint density at radius 1 is 0.909 bits per heavy atom. The molecule has 0 atom stereocenters. The van der Waals surface area contributed by atoms with Crippen molar-refractivity contribution in [1.82, 2.24) is 14.8 Å². The van der Waals surface area contributed by atoms with E-state index in [1.54, 1.807) is 17.1 Å². The Balaban J connectivity index is 1.73. The van der Waals surface area contributed by atoms with Crippen molar-refractivity contribution >= 4 is 18.4 Å². The molecule has 2 aromatic carbocycles. The van der Waals surface area contributed by atoms with E-state index in [2.05, 4.69) is 10.1 Å². The molecular formula is C18H13N3O. The summed E-state index contributed by atoms with van der Waals surface area (Å²) < 4.78 is 7.29. The van der Waals surface area contributed by atoms with Gasteiger partial charge in [0.25, 0.3) is 0 Å².